The van der Waals surface area contributed by atoms with Crippen molar-refractivity contribution in [3.63, 3.8) is 0 Å². The van der Waals surface area contributed by atoms with Crippen LogP contribution < -0.4 is 0 Å². The summed E-state index contributed by atoms with van der Waals surface area (Å²) in [5.74, 6) is 0. The lowest BCUT2D eigenvalue weighted by molar-refractivity contribution is -0.367. The number of aliphatic hydroxyl groups excluding tert-OH is 6. The van der Waals surface area contributed by atoms with E-state index in [4.69, 9.17) is 28.4 Å². The van der Waals surface area contributed by atoms with Crippen LogP contribution in [-0.4, -0.2) is 132 Å². The maximum Gasteiger partial charge on any atom is 0.293 e. The van der Waals surface area contributed by atoms with Crippen molar-refractivity contribution in [3.8, 4) is 0 Å². The summed E-state index contributed by atoms with van der Waals surface area (Å²) in [5.41, 5.74) is 0. The summed E-state index contributed by atoms with van der Waals surface area (Å²) in [5, 5.41) is 59.7. The lowest BCUT2D eigenvalue weighted by Gasteiger charge is -2.46. The van der Waals surface area contributed by atoms with Crippen molar-refractivity contribution >= 4 is 6.47 Å². The molecular weight excluding hydrogens is 424 g/mol. The largest absolute Gasteiger partial charge is 0.456 e. The second kappa shape index (κ2) is 12.9. The van der Waals surface area contributed by atoms with Gasteiger partial charge in [0.25, 0.3) is 6.47 Å². The van der Waals surface area contributed by atoms with Crippen LogP contribution in [0.4, 0.5) is 0 Å². The monoisotopic (exact) mass is 456 g/mol. The quantitative estimate of drug-likeness (QED) is 0.124. The molecule has 0 bridgehead atoms. The normalized spacial score (nSPS) is 41.1. The van der Waals surface area contributed by atoms with Crippen LogP contribution in [0.2, 0.25) is 0 Å². The highest BCUT2D eigenvalue weighted by atomic mass is 16.8. The summed E-state index contributed by atoms with van der Waals surface area (Å²) in [6, 6.07) is 0. The average Bonchev–Trinajstić information content (AvgIpc) is 2.77. The van der Waals surface area contributed by atoms with Crippen molar-refractivity contribution in [2.24, 2.45) is 0 Å². The van der Waals surface area contributed by atoms with Gasteiger partial charge in [0.15, 0.2) is 18.7 Å². The van der Waals surface area contributed by atoms with E-state index in [0.29, 0.717) is 6.61 Å². The lowest BCUT2D eigenvalue weighted by atomic mass is 9.97. The molecule has 13 nitrogen and oxygen atoms in total. The fraction of sp³-hybridized carbons (Fsp3) is 0.944. The van der Waals surface area contributed by atoms with Gasteiger partial charge < -0.3 is 59.1 Å². The Hall–Kier alpha value is -0.970. The Labute approximate surface area is 179 Å². The molecule has 0 spiro atoms. The van der Waals surface area contributed by atoms with Gasteiger partial charge in [0.2, 0.25) is 0 Å². The topological polar surface area (TPSA) is 194 Å². The van der Waals surface area contributed by atoms with Crippen LogP contribution in [0.1, 0.15) is 13.3 Å². The zero-order valence-corrected chi connectivity index (χ0v) is 17.1. The number of ether oxygens (including phenoxy) is 6. The van der Waals surface area contributed by atoms with Gasteiger partial charge in [-0.25, -0.2) is 0 Å². The average molecular weight is 456 g/mol. The van der Waals surface area contributed by atoms with E-state index < -0.39 is 74.6 Å². The van der Waals surface area contributed by atoms with Crippen LogP contribution in [0.25, 0.3) is 0 Å². The molecular formula is C18H32O13. The highest BCUT2D eigenvalue weighted by Gasteiger charge is 2.52. The van der Waals surface area contributed by atoms with Crippen LogP contribution in [0, 0.1) is 0 Å². The van der Waals surface area contributed by atoms with Crippen molar-refractivity contribution in [3.05, 3.63) is 0 Å². The van der Waals surface area contributed by atoms with Crippen LogP contribution >= 0.6 is 0 Å². The minimum Gasteiger partial charge on any atom is -0.456 e. The molecule has 0 unspecified atom stereocenters. The zero-order valence-electron chi connectivity index (χ0n) is 17.1. The molecule has 2 heterocycles. The van der Waals surface area contributed by atoms with Gasteiger partial charge in [-0.15, -0.1) is 0 Å². The molecule has 0 aromatic heterocycles. The van der Waals surface area contributed by atoms with Crippen molar-refractivity contribution < 1.29 is 63.9 Å². The van der Waals surface area contributed by atoms with Crippen LogP contribution in [0.3, 0.4) is 0 Å². The predicted molar refractivity (Wildman–Crippen MR) is 98.4 cm³/mol. The third-order valence-corrected chi connectivity index (χ3v) is 5.01. The third-order valence-electron chi connectivity index (χ3n) is 5.01. The SMILES string of the molecule is CCCOCCO[C@H]1O[C@@H](CO)[C@@H](O)[C@H](O)[C@@H]1O[C@H]1O[C@H](CO)[C@@H](O)[C@H](O)[C@@H]1OC=O. The Kier molecular flexibility index (Phi) is 10.9. The number of aliphatic hydroxyl groups is 6. The molecule has 0 radical (unpaired) electrons. The summed E-state index contributed by atoms with van der Waals surface area (Å²) in [6.45, 7) is 1.42. The molecule has 2 fully saturated rings. The zero-order chi connectivity index (χ0) is 23.0. The van der Waals surface area contributed by atoms with E-state index in [1.54, 1.807) is 0 Å². The molecule has 2 rings (SSSR count). The molecule has 2 saturated heterocycles. The van der Waals surface area contributed by atoms with E-state index >= 15 is 0 Å². The molecule has 2 aliphatic heterocycles. The van der Waals surface area contributed by atoms with Gasteiger partial charge in [-0.05, 0) is 6.42 Å². The Morgan fingerprint density at radius 3 is 1.94 bits per heavy atom. The van der Waals surface area contributed by atoms with Gasteiger partial charge in [-0.3, -0.25) is 4.79 Å². The number of hydrogen-bond donors (Lipinski definition) is 6. The molecule has 0 saturated carbocycles. The molecule has 6 N–H and O–H groups in total. The lowest BCUT2D eigenvalue weighted by Crippen LogP contribution is -2.65. The highest BCUT2D eigenvalue weighted by Crippen LogP contribution is 2.30. The Morgan fingerprint density at radius 2 is 1.39 bits per heavy atom. The van der Waals surface area contributed by atoms with Crippen LogP contribution in [0.15, 0.2) is 0 Å². The Morgan fingerprint density at radius 1 is 0.806 bits per heavy atom. The molecule has 182 valence electrons. The Balaban J connectivity index is 2.15. The first-order valence-electron chi connectivity index (χ1n) is 10.1. The van der Waals surface area contributed by atoms with E-state index in [9.17, 15) is 35.4 Å². The number of carbonyl (C=O) groups excluding carboxylic acids is 1. The van der Waals surface area contributed by atoms with Gasteiger partial charge in [0.05, 0.1) is 26.4 Å². The first kappa shape index (κ1) is 26.3. The smallest absolute Gasteiger partial charge is 0.293 e. The van der Waals surface area contributed by atoms with E-state index in [1.807, 2.05) is 6.92 Å². The van der Waals surface area contributed by atoms with Crippen molar-refractivity contribution in [2.75, 3.05) is 33.0 Å². The third kappa shape index (κ3) is 6.52. The summed E-state index contributed by atoms with van der Waals surface area (Å²) < 4.78 is 32.1. The molecule has 2 aliphatic rings. The summed E-state index contributed by atoms with van der Waals surface area (Å²) in [7, 11) is 0. The van der Waals surface area contributed by atoms with Crippen LogP contribution in [-0.2, 0) is 33.2 Å². The van der Waals surface area contributed by atoms with Crippen LogP contribution in [0.5, 0.6) is 0 Å². The van der Waals surface area contributed by atoms with E-state index in [1.165, 1.54) is 0 Å². The number of carbonyl (C=O) groups is 1. The highest BCUT2D eigenvalue weighted by molar-refractivity contribution is 5.37. The van der Waals surface area contributed by atoms with Crippen molar-refractivity contribution in [1.29, 1.82) is 0 Å². The Bertz CT molecular complexity index is 523. The van der Waals surface area contributed by atoms with Gasteiger partial charge >= 0.3 is 0 Å². The predicted octanol–water partition coefficient (Wildman–Crippen LogP) is -3.77. The van der Waals surface area contributed by atoms with Gasteiger partial charge in [0.1, 0.15) is 42.7 Å². The number of hydrogen-bond acceptors (Lipinski definition) is 13. The van der Waals surface area contributed by atoms with Gasteiger partial charge in [-0.2, -0.15) is 0 Å². The second-order valence-corrected chi connectivity index (χ2v) is 7.19. The molecule has 0 aromatic rings. The fourth-order valence-electron chi connectivity index (χ4n) is 3.33. The molecule has 0 aliphatic carbocycles. The maximum absolute atomic E-state index is 10.8. The minimum atomic E-state index is -1.67. The standard InChI is InChI=1S/C18H32O13/c1-2-3-26-4-5-27-17-16(14(25)12(23)9(6-19)29-17)31-18-15(28-8-21)13(24)11(22)10(7-20)30-18/h8-20,22-25H,2-7H2,1H3/t9-,10+,11+,12+,13-,14-,15-,16-,17-,18+/m0/s1. The fourth-order valence-corrected chi connectivity index (χ4v) is 3.33. The summed E-state index contributed by atoms with van der Waals surface area (Å²) >= 11 is 0. The molecule has 0 aromatic carbocycles. The van der Waals surface area contributed by atoms with Crippen molar-refractivity contribution in [2.45, 2.75) is 74.8 Å². The first-order valence-corrected chi connectivity index (χ1v) is 10.1. The van der Waals surface area contributed by atoms with Gasteiger partial charge in [0, 0.05) is 6.61 Å². The summed E-state index contributed by atoms with van der Waals surface area (Å²) in [6.07, 6.45) is -13.8. The van der Waals surface area contributed by atoms with E-state index in [0.717, 1.165) is 6.42 Å². The maximum atomic E-state index is 10.8. The van der Waals surface area contributed by atoms with E-state index in [2.05, 4.69) is 0 Å². The summed E-state index contributed by atoms with van der Waals surface area (Å²) in [4.78, 5) is 10.8. The molecule has 31 heavy (non-hydrogen) atoms. The first-order chi connectivity index (χ1) is 14.9. The van der Waals surface area contributed by atoms with Crippen molar-refractivity contribution in [1.82, 2.24) is 0 Å². The van der Waals surface area contributed by atoms with E-state index in [-0.39, 0.29) is 19.7 Å². The molecule has 10 atom stereocenters. The minimum absolute atomic E-state index is 0.0170. The second-order valence-electron chi connectivity index (χ2n) is 7.19. The van der Waals surface area contributed by atoms with Gasteiger partial charge in [-0.1, -0.05) is 6.92 Å². The molecule has 13 heteroatoms. The number of rotatable bonds is 12. The molecule has 0 amide bonds.